The molecular formula is C26H26N2O4S. The van der Waals surface area contributed by atoms with E-state index < -0.39 is 15.5 Å². The van der Waals surface area contributed by atoms with Gasteiger partial charge in [0.1, 0.15) is 0 Å². The first-order chi connectivity index (χ1) is 15.6. The van der Waals surface area contributed by atoms with Gasteiger partial charge in [-0.1, -0.05) is 50.2 Å². The molecular weight excluding hydrogens is 436 g/mol. The SMILES string of the molecule is CC(=O)N(C=CC1N(c2ccccc2)c2ccc(S(=O)(=O)O)cc2C1(C)C)c1ccccc1. The third-order valence-electron chi connectivity index (χ3n) is 6.06. The number of para-hydroxylation sites is 2. The summed E-state index contributed by atoms with van der Waals surface area (Å²) in [6, 6.07) is 23.6. The standard InChI is InChI=1S/C26H26N2O4S/c1-19(29)27(20-10-6-4-7-11-20)17-16-25-26(2,3)23-18-22(33(30,31)32)14-15-24(23)28(25)21-12-8-5-9-13-21/h4-18,25H,1-3H3,(H,30,31,32). The van der Waals surface area contributed by atoms with Crippen LogP contribution >= 0.6 is 0 Å². The minimum absolute atomic E-state index is 0.120. The summed E-state index contributed by atoms with van der Waals surface area (Å²) in [4.78, 5) is 16.0. The Morgan fingerprint density at radius 1 is 1.00 bits per heavy atom. The Morgan fingerprint density at radius 2 is 1.61 bits per heavy atom. The zero-order chi connectivity index (χ0) is 23.8. The fraction of sp³-hybridized carbons (Fsp3) is 0.192. The van der Waals surface area contributed by atoms with Crippen molar-refractivity contribution in [1.82, 2.24) is 0 Å². The van der Waals surface area contributed by atoms with Gasteiger partial charge in [-0.2, -0.15) is 8.42 Å². The van der Waals surface area contributed by atoms with Gasteiger partial charge >= 0.3 is 0 Å². The van der Waals surface area contributed by atoms with E-state index in [2.05, 4.69) is 4.90 Å². The van der Waals surface area contributed by atoms with Crippen LogP contribution in [-0.2, 0) is 20.3 Å². The summed E-state index contributed by atoms with van der Waals surface area (Å²) in [5, 5.41) is 0. The Morgan fingerprint density at radius 3 is 2.18 bits per heavy atom. The van der Waals surface area contributed by atoms with Crippen LogP contribution < -0.4 is 9.80 Å². The van der Waals surface area contributed by atoms with Crippen LogP contribution in [0.1, 0.15) is 26.3 Å². The highest BCUT2D eigenvalue weighted by molar-refractivity contribution is 7.85. The van der Waals surface area contributed by atoms with Crippen molar-refractivity contribution < 1.29 is 17.8 Å². The minimum atomic E-state index is -4.34. The van der Waals surface area contributed by atoms with E-state index in [0.717, 1.165) is 22.6 Å². The van der Waals surface area contributed by atoms with E-state index in [-0.39, 0.29) is 16.8 Å². The van der Waals surface area contributed by atoms with Crippen molar-refractivity contribution in [2.75, 3.05) is 9.80 Å². The molecule has 170 valence electrons. The molecule has 1 N–H and O–H groups in total. The minimum Gasteiger partial charge on any atom is -0.333 e. The van der Waals surface area contributed by atoms with Gasteiger partial charge in [-0.3, -0.25) is 14.2 Å². The molecule has 0 fully saturated rings. The lowest BCUT2D eigenvalue weighted by Crippen LogP contribution is -2.38. The van der Waals surface area contributed by atoms with E-state index in [1.807, 2.05) is 80.6 Å². The van der Waals surface area contributed by atoms with Crippen molar-refractivity contribution in [1.29, 1.82) is 0 Å². The van der Waals surface area contributed by atoms with Crippen molar-refractivity contribution in [3.05, 3.63) is 96.7 Å². The second kappa shape index (κ2) is 8.50. The lowest BCUT2D eigenvalue weighted by atomic mass is 9.80. The van der Waals surface area contributed by atoms with Crippen LogP contribution in [0.4, 0.5) is 17.1 Å². The summed E-state index contributed by atoms with van der Waals surface area (Å²) in [6.07, 6.45) is 3.74. The molecule has 6 nitrogen and oxygen atoms in total. The molecule has 3 aromatic carbocycles. The lowest BCUT2D eigenvalue weighted by Gasteiger charge is -2.33. The van der Waals surface area contributed by atoms with Crippen molar-refractivity contribution in [3.8, 4) is 0 Å². The molecule has 0 bridgehead atoms. The Kier molecular flexibility index (Phi) is 5.86. The summed E-state index contributed by atoms with van der Waals surface area (Å²) in [6.45, 7) is 5.57. The van der Waals surface area contributed by atoms with Crippen LogP contribution in [0.2, 0.25) is 0 Å². The van der Waals surface area contributed by atoms with E-state index in [0.29, 0.717) is 0 Å². The average Bonchev–Trinajstić information content (AvgIpc) is 3.00. The van der Waals surface area contributed by atoms with Gasteiger partial charge in [0.25, 0.3) is 10.1 Å². The summed E-state index contributed by atoms with van der Waals surface area (Å²) < 4.78 is 33.2. The molecule has 33 heavy (non-hydrogen) atoms. The van der Waals surface area contributed by atoms with E-state index in [4.69, 9.17) is 0 Å². The Bertz CT molecular complexity index is 1300. The van der Waals surface area contributed by atoms with E-state index in [1.54, 1.807) is 17.2 Å². The zero-order valence-electron chi connectivity index (χ0n) is 18.7. The van der Waals surface area contributed by atoms with Gasteiger partial charge in [0.05, 0.1) is 10.9 Å². The van der Waals surface area contributed by atoms with Crippen LogP contribution in [0.3, 0.4) is 0 Å². The van der Waals surface area contributed by atoms with Crippen LogP contribution in [0.5, 0.6) is 0 Å². The third-order valence-corrected chi connectivity index (χ3v) is 6.91. The van der Waals surface area contributed by atoms with Crippen molar-refractivity contribution >= 4 is 33.1 Å². The lowest BCUT2D eigenvalue weighted by molar-refractivity contribution is -0.116. The highest BCUT2D eigenvalue weighted by Crippen LogP contribution is 2.49. The Labute approximate surface area is 194 Å². The van der Waals surface area contributed by atoms with Gasteiger partial charge < -0.3 is 4.90 Å². The van der Waals surface area contributed by atoms with Crippen LogP contribution in [0.25, 0.3) is 0 Å². The van der Waals surface area contributed by atoms with Gasteiger partial charge in [0.15, 0.2) is 0 Å². The topological polar surface area (TPSA) is 77.9 Å². The number of nitrogens with zero attached hydrogens (tertiary/aromatic N) is 2. The van der Waals surface area contributed by atoms with Crippen molar-refractivity contribution in [2.45, 2.75) is 37.1 Å². The van der Waals surface area contributed by atoms with Gasteiger partial charge in [-0.25, -0.2) is 0 Å². The molecule has 0 radical (unpaired) electrons. The molecule has 3 aromatic rings. The van der Waals surface area contributed by atoms with Gasteiger partial charge in [0.2, 0.25) is 5.91 Å². The van der Waals surface area contributed by atoms with Crippen molar-refractivity contribution in [2.24, 2.45) is 0 Å². The monoisotopic (exact) mass is 462 g/mol. The van der Waals surface area contributed by atoms with Gasteiger partial charge in [-0.05, 0) is 54.1 Å². The third kappa shape index (κ3) is 4.29. The first kappa shape index (κ1) is 22.8. The Balaban J connectivity index is 1.84. The number of rotatable bonds is 5. The smallest absolute Gasteiger partial charge is 0.294 e. The fourth-order valence-electron chi connectivity index (χ4n) is 4.38. The number of carbonyl (C=O) groups excluding carboxylic acids is 1. The predicted molar refractivity (Wildman–Crippen MR) is 130 cm³/mol. The molecule has 4 rings (SSSR count). The maximum atomic E-state index is 12.4. The summed E-state index contributed by atoms with van der Waals surface area (Å²) >= 11 is 0. The molecule has 1 amide bonds. The predicted octanol–water partition coefficient (Wildman–Crippen LogP) is 5.30. The maximum absolute atomic E-state index is 12.4. The second-order valence-corrected chi connectivity index (χ2v) is 10.0. The molecule has 0 saturated carbocycles. The quantitative estimate of drug-likeness (QED) is 0.521. The second-order valence-electron chi connectivity index (χ2n) is 8.59. The molecule has 1 unspecified atom stereocenters. The highest BCUT2D eigenvalue weighted by atomic mass is 32.2. The largest absolute Gasteiger partial charge is 0.333 e. The van der Waals surface area contributed by atoms with Gasteiger partial charge in [0, 0.05) is 35.6 Å². The summed E-state index contributed by atoms with van der Waals surface area (Å²) in [7, 11) is -4.34. The normalized spacial score (nSPS) is 17.2. The summed E-state index contributed by atoms with van der Waals surface area (Å²) in [5.74, 6) is -0.120. The molecule has 0 aromatic heterocycles. The summed E-state index contributed by atoms with van der Waals surface area (Å²) in [5.41, 5.74) is 2.82. The number of benzene rings is 3. The number of hydrogen-bond acceptors (Lipinski definition) is 4. The fourth-order valence-corrected chi connectivity index (χ4v) is 4.88. The molecule has 7 heteroatoms. The molecule has 1 aliphatic heterocycles. The first-order valence-electron chi connectivity index (χ1n) is 10.6. The first-order valence-corrected chi connectivity index (χ1v) is 12.0. The zero-order valence-corrected chi connectivity index (χ0v) is 19.5. The average molecular weight is 463 g/mol. The number of hydrogen-bond donors (Lipinski definition) is 1. The number of amides is 1. The number of anilines is 3. The number of carbonyl (C=O) groups is 1. The highest BCUT2D eigenvalue weighted by Gasteiger charge is 2.44. The van der Waals surface area contributed by atoms with Crippen LogP contribution in [0.15, 0.2) is 96.0 Å². The van der Waals surface area contributed by atoms with E-state index in [9.17, 15) is 17.8 Å². The Hall–Kier alpha value is -3.42. The van der Waals surface area contributed by atoms with E-state index in [1.165, 1.54) is 19.1 Å². The number of fused-ring (bicyclic) bond motifs is 1. The van der Waals surface area contributed by atoms with E-state index >= 15 is 0 Å². The van der Waals surface area contributed by atoms with Crippen LogP contribution in [0, 0.1) is 0 Å². The van der Waals surface area contributed by atoms with Crippen molar-refractivity contribution in [3.63, 3.8) is 0 Å². The molecule has 0 spiro atoms. The molecule has 1 heterocycles. The molecule has 1 aliphatic rings. The van der Waals surface area contributed by atoms with Gasteiger partial charge in [-0.15, -0.1) is 0 Å². The maximum Gasteiger partial charge on any atom is 0.294 e. The molecule has 1 atom stereocenters. The van der Waals surface area contributed by atoms with Crippen LogP contribution in [-0.4, -0.2) is 24.9 Å². The molecule has 0 saturated heterocycles. The molecule has 0 aliphatic carbocycles.